The van der Waals surface area contributed by atoms with E-state index in [1.165, 1.54) is 13.2 Å². The van der Waals surface area contributed by atoms with Gasteiger partial charge < -0.3 is 18.9 Å². The fourth-order valence-corrected chi connectivity index (χ4v) is 1.88. The van der Waals surface area contributed by atoms with Crippen molar-refractivity contribution in [3.05, 3.63) is 48.3 Å². The van der Waals surface area contributed by atoms with Gasteiger partial charge in [0.2, 0.25) is 0 Å². The zero-order valence-corrected chi connectivity index (χ0v) is 12.0. The Balaban J connectivity index is 2.34. The summed E-state index contributed by atoms with van der Waals surface area (Å²) in [5.41, 5.74) is 1.42. The van der Waals surface area contributed by atoms with E-state index in [1.807, 2.05) is 12.1 Å². The molecule has 0 fully saturated rings. The van der Waals surface area contributed by atoms with Gasteiger partial charge in [0.05, 0.1) is 0 Å². The van der Waals surface area contributed by atoms with Crippen LogP contribution in [0, 0.1) is 5.82 Å². The van der Waals surface area contributed by atoms with Crippen molar-refractivity contribution in [2.45, 2.75) is 0 Å². The number of benzene rings is 2. The van der Waals surface area contributed by atoms with E-state index in [-0.39, 0.29) is 19.3 Å². The van der Waals surface area contributed by atoms with Crippen LogP contribution >= 0.6 is 0 Å². The SMILES string of the molecule is COCOc1cccc(-c2cccc(F)c2OCOC)c1. The predicted octanol–water partition coefficient (Wildman–Crippen LogP) is 3.46. The summed E-state index contributed by atoms with van der Waals surface area (Å²) >= 11 is 0. The van der Waals surface area contributed by atoms with E-state index in [9.17, 15) is 4.39 Å². The third-order valence-electron chi connectivity index (χ3n) is 2.78. The molecular weight excluding hydrogens is 275 g/mol. The van der Waals surface area contributed by atoms with E-state index < -0.39 is 5.82 Å². The first kappa shape index (κ1) is 15.3. The van der Waals surface area contributed by atoms with Crippen molar-refractivity contribution in [2.75, 3.05) is 27.8 Å². The second-order valence-corrected chi connectivity index (χ2v) is 4.25. The molecule has 0 aliphatic rings. The van der Waals surface area contributed by atoms with Crippen molar-refractivity contribution in [3.8, 4) is 22.6 Å². The van der Waals surface area contributed by atoms with Crippen LogP contribution in [0.1, 0.15) is 0 Å². The van der Waals surface area contributed by atoms with Gasteiger partial charge in [-0.1, -0.05) is 24.3 Å². The van der Waals surface area contributed by atoms with Gasteiger partial charge in [0.15, 0.2) is 25.2 Å². The molecule has 4 nitrogen and oxygen atoms in total. The molecule has 0 saturated heterocycles. The summed E-state index contributed by atoms with van der Waals surface area (Å²) in [4.78, 5) is 0. The van der Waals surface area contributed by atoms with Crippen molar-refractivity contribution in [3.63, 3.8) is 0 Å². The van der Waals surface area contributed by atoms with Gasteiger partial charge >= 0.3 is 0 Å². The number of hydrogen-bond acceptors (Lipinski definition) is 4. The fraction of sp³-hybridized carbons (Fsp3) is 0.250. The molecule has 0 spiro atoms. The first-order chi connectivity index (χ1) is 10.3. The molecule has 21 heavy (non-hydrogen) atoms. The quantitative estimate of drug-likeness (QED) is 0.732. The molecule has 112 valence electrons. The van der Waals surface area contributed by atoms with Gasteiger partial charge in [0.25, 0.3) is 0 Å². The van der Waals surface area contributed by atoms with E-state index in [2.05, 4.69) is 0 Å². The summed E-state index contributed by atoms with van der Waals surface area (Å²) in [5, 5.41) is 0. The molecule has 0 N–H and O–H groups in total. The number of hydrogen-bond donors (Lipinski definition) is 0. The standard InChI is InChI=1S/C16H17FO4/c1-18-10-20-13-6-3-5-12(9-13)14-7-4-8-15(17)16(14)21-11-19-2/h3-9H,10-11H2,1-2H3. The van der Waals surface area contributed by atoms with Crippen LogP contribution in [0.3, 0.4) is 0 Å². The van der Waals surface area contributed by atoms with Crippen molar-refractivity contribution in [1.29, 1.82) is 0 Å². The molecule has 5 heteroatoms. The molecule has 0 aliphatic carbocycles. The summed E-state index contributed by atoms with van der Waals surface area (Å²) in [6, 6.07) is 12.0. The minimum Gasteiger partial charge on any atom is -0.468 e. The van der Waals surface area contributed by atoms with E-state index in [4.69, 9.17) is 18.9 Å². The van der Waals surface area contributed by atoms with Crippen molar-refractivity contribution < 1.29 is 23.3 Å². The zero-order valence-electron chi connectivity index (χ0n) is 12.0. The molecule has 2 aromatic carbocycles. The molecule has 0 aliphatic heterocycles. The smallest absolute Gasteiger partial charge is 0.188 e. The Bertz CT molecular complexity index is 586. The van der Waals surface area contributed by atoms with Crippen LogP contribution in [-0.2, 0) is 9.47 Å². The van der Waals surface area contributed by atoms with Crippen LogP contribution in [-0.4, -0.2) is 27.8 Å². The second kappa shape index (κ2) is 7.61. The highest BCUT2D eigenvalue weighted by Gasteiger charge is 2.12. The highest BCUT2D eigenvalue weighted by atomic mass is 19.1. The van der Waals surface area contributed by atoms with E-state index >= 15 is 0 Å². The predicted molar refractivity (Wildman–Crippen MR) is 76.8 cm³/mol. The number of para-hydroxylation sites is 1. The molecule has 0 radical (unpaired) electrons. The third-order valence-corrected chi connectivity index (χ3v) is 2.78. The minimum atomic E-state index is -0.437. The minimum absolute atomic E-state index is 0.0200. The monoisotopic (exact) mass is 292 g/mol. The van der Waals surface area contributed by atoms with Gasteiger partial charge in [0.1, 0.15) is 5.75 Å². The van der Waals surface area contributed by atoms with Crippen LogP contribution in [0.4, 0.5) is 4.39 Å². The maximum Gasteiger partial charge on any atom is 0.188 e. The third kappa shape index (κ3) is 3.93. The van der Waals surface area contributed by atoms with Crippen LogP contribution in [0.25, 0.3) is 11.1 Å². The van der Waals surface area contributed by atoms with Crippen LogP contribution < -0.4 is 9.47 Å². The molecule has 2 aromatic rings. The molecule has 0 bridgehead atoms. The molecule has 0 heterocycles. The average molecular weight is 292 g/mol. The Labute approximate surface area is 123 Å². The summed E-state index contributed by atoms with van der Waals surface area (Å²) in [6.45, 7) is 0.132. The van der Waals surface area contributed by atoms with Gasteiger partial charge in [-0.05, 0) is 23.8 Å². The lowest BCUT2D eigenvalue weighted by Gasteiger charge is -2.13. The van der Waals surface area contributed by atoms with E-state index in [1.54, 1.807) is 31.4 Å². The molecule has 0 saturated carbocycles. The Morgan fingerprint density at radius 3 is 2.38 bits per heavy atom. The maximum atomic E-state index is 13.9. The topological polar surface area (TPSA) is 36.9 Å². The van der Waals surface area contributed by atoms with E-state index in [0.717, 1.165) is 5.56 Å². The maximum absolute atomic E-state index is 13.9. The lowest BCUT2D eigenvalue weighted by molar-refractivity contribution is 0.0487. The van der Waals surface area contributed by atoms with Gasteiger partial charge in [-0.25, -0.2) is 4.39 Å². The van der Waals surface area contributed by atoms with Gasteiger partial charge in [-0.3, -0.25) is 0 Å². The van der Waals surface area contributed by atoms with Crippen molar-refractivity contribution >= 4 is 0 Å². The van der Waals surface area contributed by atoms with Gasteiger partial charge in [-0.15, -0.1) is 0 Å². The molecule has 0 atom stereocenters. The lowest BCUT2D eigenvalue weighted by Crippen LogP contribution is -2.02. The Morgan fingerprint density at radius 2 is 1.62 bits per heavy atom. The molecular formula is C16H17FO4. The number of halogens is 1. The summed E-state index contributed by atoms with van der Waals surface area (Å²) < 4.78 is 34.3. The fourth-order valence-electron chi connectivity index (χ4n) is 1.88. The first-order valence-corrected chi connectivity index (χ1v) is 6.38. The second-order valence-electron chi connectivity index (χ2n) is 4.25. The molecule has 0 amide bonds. The Morgan fingerprint density at radius 1 is 0.905 bits per heavy atom. The van der Waals surface area contributed by atoms with Crippen LogP contribution in [0.2, 0.25) is 0 Å². The zero-order chi connectivity index (χ0) is 15.1. The largest absolute Gasteiger partial charge is 0.468 e. The molecule has 2 rings (SSSR count). The van der Waals surface area contributed by atoms with E-state index in [0.29, 0.717) is 11.3 Å². The highest BCUT2D eigenvalue weighted by molar-refractivity contribution is 5.71. The summed E-state index contributed by atoms with van der Waals surface area (Å²) in [5.74, 6) is 0.354. The van der Waals surface area contributed by atoms with Crippen molar-refractivity contribution in [2.24, 2.45) is 0 Å². The summed E-state index contributed by atoms with van der Waals surface area (Å²) in [7, 11) is 3.03. The highest BCUT2D eigenvalue weighted by Crippen LogP contribution is 2.34. The van der Waals surface area contributed by atoms with Crippen molar-refractivity contribution in [1.82, 2.24) is 0 Å². The summed E-state index contributed by atoms with van der Waals surface area (Å²) in [6.07, 6.45) is 0. The number of ether oxygens (including phenoxy) is 4. The molecule has 0 unspecified atom stereocenters. The Kier molecular flexibility index (Phi) is 5.54. The van der Waals surface area contributed by atoms with Gasteiger partial charge in [-0.2, -0.15) is 0 Å². The Hall–Kier alpha value is -2.11. The normalized spacial score (nSPS) is 10.4. The number of methoxy groups -OCH3 is 2. The average Bonchev–Trinajstić information content (AvgIpc) is 2.52. The first-order valence-electron chi connectivity index (χ1n) is 6.38. The van der Waals surface area contributed by atoms with Gasteiger partial charge in [0, 0.05) is 19.8 Å². The number of rotatable bonds is 7. The molecule has 0 aromatic heterocycles. The van der Waals surface area contributed by atoms with Crippen LogP contribution in [0.15, 0.2) is 42.5 Å². The lowest BCUT2D eigenvalue weighted by atomic mass is 10.0. The van der Waals surface area contributed by atoms with Crippen LogP contribution in [0.5, 0.6) is 11.5 Å².